The number of carbonyl (C=O) groups excluding carboxylic acids is 1. The highest BCUT2D eigenvalue weighted by molar-refractivity contribution is 6.45. The van der Waals surface area contributed by atoms with E-state index in [4.69, 9.17) is 0 Å². The molecule has 0 aromatic heterocycles. The van der Waals surface area contributed by atoms with Crippen LogP contribution in [-0.4, -0.2) is 25.2 Å². The summed E-state index contributed by atoms with van der Waals surface area (Å²) in [6.45, 7) is 13.5. The molecule has 3 heteroatoms. The fourth-order valence-electron chi connectivity index (χ4n) is 1.40. The van der Waals surface area contributed by atoms with Crippen LogP contribution < -0.4 is 5.32 Å². The lowest BCUT2D eigenvalue weighted by Gasteiger charge is -2.06. The van der Waals surface area contributed by atoms with Crippen LogP contribution in [0, 0.1) is 12.3 Å². The predicted octanol–water partition coefficient (Wildman–Crippen LogP) is 3.99. The summed E-state index contributed by atoms with van der Waals surface area (Å²) in [5.41, 5.74) is 3.03. The maximum absolute atomic E-state index is 11.8. The number of benzene rings is 1. The number of aryl methyl sites for hydroxylation is 1. The molecule has 0 spiro atoms. The van der Waals surface area contributed by atoms with E-state index < -0.39 is 0 Å². The Balaban J connectivity index is 0.000000690. The molecule has 0 aliphatic carbocycles. The van der Waals surface area contributed by atoms with Crippen molar-refractivity contribution in [1.29, 1.82) is 0 Å². The van der Waals surface area contributed by atoms with E-state index in [1.165, 1.54) is 5.56 Å². The zero-order valence-electron chi connectivity index (χ0n) is 14.6. The molecule has 0 heterocycles. The molecular formula is C18H30N2O. The van der Waals surface area contributed by atoms with E-state index in [9.17, 15) is 4.79 Å². The van der Waals surface area contributed by atoms with Gasteiger partial charge in [-0.3, -0.25) is 9.79 Å². The molecule has 0 saturated heterocycles. The molecule has 0 saturated carbocycles. The summed E-state index contributed by atoms with van der Waals surface area (Å²) in [5.74, 6) is -0.104. The smallest absolute Gasteiger partial charge is 0.270 e. The van der Waals surface area contributed by atoms with Gasteiger partial charge in [-0.05, 0) is 18.8 Å². The van der Waals surface area contributed by atoms with Crippen molar-refractivity contribution in [2.75, 3.05) is 13.6 Å². The summed E-state index contributed by atoms with van der Waals surface area (Å²) >= 11 is 0. The van der Waals surface area contributed by atoms with Gasteiger partial charge in [0.25, 0.3) is 5.91 Å². The van der Waals surface area contributed by atoms with Gasteiger partial charge in [0, 0.05) is 19.2 Å². The molecule has 0 unspecified atom stereocenters. The molecule has 0 radical (unpaired) electrons. The first-order valence-electron chi connectivity index (χ1n) is 7.51. The van der Waals surface area contributed by atoms with Crippen LogP contribution in [0.15, 0.2) is 29.3 Å². The highest BCUT2D eigenvalue weighted by Crippen LogP contribution is 2.08. The van der Waals surface area contributed by atoms with Gasteiger partial charge < -0.3 is 5.32 Å². The van der Waals surface area contributed by atoms with Crippen molar-refractivity contribution in [3.63, 3.8) is 0 Å². The average Bonchev–Trinajstić information content (AvgIpc) is 2.37. The zero-order chi connectivity index (χ0) is 16.5. The van der Waals surface area contributed by atoms with Crippen molar-refractivity contribution < 1.29 is 4.79 Å². The fourth-order valence-corrected chi connectivity index (χ4v) is 1.40. The van der Waals surface area contributed by atoms with E-state index in [-0.39, 0.29) is 5.91 Å². The summed E-state index contributed by atoms with van der Waals surface area (Å²) in [6, 6.07) is 7.80. The number of carbonyl (C=O) groups is 1. The minimum absolute atomic E-state index is 0.104. The third-order valence-corrected chi connectivity index (χ3v) is 2.30. The van der Waals surface area contributed by atoms with Gasteiger partial charge in [-0.25, -0.2) is 0 Å². The largest absolute Gasteiger partial charge is 0.351 e. The Labute approximate surface area is 129 Å². The molecule has 3 nitrogen and oxygen atoms in total. The third-order valence-electron chi connectivity index (χ3n) is 2.30. The van der Waals surface area contributed by atoms with Crippen molar-refractivity contribution >= 4 is 11.6 Å². The molecule has 0 atom stereocenters. The molecule has 1 amide bonds. The van der Waals surface area contributed by atoms with Gasteiger partial charge in [0.1, 0.15) is 5.71 Å². The van der Waals surface area contributed by atoms with Crippen molar-refractivity contribution in [3.05, 3.63) is 35.4 Å². The number of hydrogen-bond acceptors (Lipinski definition) is 2. The first kappa shape index (κ1) is 19.4. The Kier molecular flexibility index (Phi) is 8.60. The van der Waals surface area contributed by atoms with Crippen LogP contribution >= 0.6 is 0 Å². The summed E-state index contributed by atoms with van der Waals surface area (Å²) in [6.07, 6.45) is 0.927. The van der Waals surface area contributed by atoms with Crippen LogP contribution in [0.1, 0.15) is 52.2 Å². The van der Waals surface area contributed by atoms with Crippen LogP contribution in [0.25, 0.3) is 0 Å². The highest BCUT2D eigenvalue weighted by atomic mass is 16.1. The van der Waals surface area contributed by atoms with Crippen LogP contribution in [0.2, 0.25) is 0 Å². The second kappa shape index (κ2) is 9.32. The molecule has 0 fully saturated rings. The summed E-state index contributed by atoms with van der Waals surface area (Å²) in [4.78, 5) is 15.8. The van der Waals surface area contributed by atoms with Gasteiger partial charge in [-0.15, -0.1) is 0 Å². The molecule has 118 valence electrons. The first-order chi connectivity index (χ1) is 9.69. The molecule has 0 aliphatic rings. The van der Waals surface area contributed by atoms with Crippen LogP contribution in [0.5, 0.6) is 0 Å². The number of nitrogens with zero attached hydrogens (tertiary/aromatic N) is 1. The van der Waals surface area contributed by atoms with E-state index in [2.05, 4.69) is 38.0 Å². The maximum atomic E-state index is 11.8. The molecule has 0 bridgehead atoms. The number of hydrogen-bond donors (Lipinski definition) is 1. The Bertz CT molecular complexity index is 447. The topological polar surface area (TPSA) is 41.5 Å². The Morgan fingerprint density at radius 3 is 2.00 bits per heavy atom. The lowest BCUT2D eigenvalue weighted by Crippen LogP contribution is -2.32. The Morgan fingerprint density at radius 1 is 1.14 bits per heavy atom. The maximum Gasteiger partial charge on any atom is 0.270 e. The minimum Gasteiger partial charge on any atom is -0.351 e. The molecule has 1 aromatic carbocycles. The van der Waals surface area contributed by atoms with E-state index in [1.54, 1.807) is 7.05 Å². The Hall–Kier alpha value is -1.64. The lowest BCUT2D eigenvalue weighted by molar-refractivity contribution is -0.114. The standard InChI is InChI=1S/C13H18N2O.C5H12/c1-4-9-15-13(16)12(14-3)11-7-5-10(2)6-8-11;1-5(2,3)4/h5-8H,4,9H2,1-3H3,(H,15,16);1-4H3. The molecule has 21 heavy (non-hydrogen) atoms. The highest BCUT2D eigenvalue weighted by Gasteiger charge is 2.11. The Morgan fingerprint density at radius 2 is 1.62 bits per heavy atom. The average molecular weight is 290 g/mol. The second-order valence-electron chi connectivity index (χ2n) is 6.69. The number of nitrogens with one attached hydrogen (secondary N) is 1. The predicted molar refractivity (Wildman–Crippen MR) is 92.1 cm³/mol. The lowest BCUT2D eigenvalue weighted by atomic mass is 10.0. The van der Waals surface area contributed by atoms with Crippen molar-refractivity contribution in [3.8, 4) is 0 Å². The molecule has 0 aliphatic heterocycles. The van der Waals surface area contributed by atoms with Crippen LogP contribution in [0.3, 0.4) is 0 Å². The van der Waals surface area contributed by atoms with Crippen molar-refractivity contribution in [2.24, 2.45) is 10.4 Å². The van der Waals surface area contributed by atoms with Gasteiger partial charge in [0.15, 0.2) is 0 Å². The van der Waals surface area contributed by atoms with Gasteiger partial charge in [-0.2, -0.15) is 0 Å². The molecule has 1 N–H and O–H groups in total. The fraction of sp³-hybridized carbons (Fsp3) is 0.556. The van der Waals surface area contributed by atoms with Crippen LogP contribution in [0.4, 0.5) is 0 Å². The minimum atomic E-state index is -0.104. The van der Waals surface area contributed by atoms with Gasteiger partial charge >= 0.3 is 0 Å². The monoisotopic (exact) mass is 290 g/mol. The zero-order valence-corrected chi connectivity index (χ0v) is 14.6. The van der Waals surface area contributed by atoms with E-state index in [1.807, 2.05) is 38.1 Å². The molecule has 1 rings (SSSR count). The van der Waals surface area contributed by atoms with Gasteiger partial charge in [-0.1, -0.05) is 64.4 Å². The van der Waals surface area contributed by atoms with Crippen LogP contribution in [-0.2, 0) is 4.79 Å². The van der Waals surface area contributed by atoms with Crippen molar-refractivity contribution in [1.82, 2.24) is 5.32 Å². The summed E-state index contributed by atoms with van der Waals surface area (Å²) in [7, 11) is 1.64. The van der Waals surface area contributed by atoms with Gasteiger partial charge in [0.2, 0.25) is 0 Å². The quantitative estimate of drug-likeness (QED) is 0.837. The second-order valence-corrected chi connectivity index (χ2v) is 6.69. The van der Waals surface area contributed by atoms with E-state index >= 15 is 0 Å². The first-order valence-corrected chi connectivity index (χ1v) is 7.51. The summed E-state index contributed by atoms with van der Waals surface area (Å²) in [5, 5.41) is 2.83. The van der Waals surface area contributed by atoms with Gasteiger partial charge in [0.05, 0.1) is 0 Å². The number of aliphatic imine (C=N–C) groups is 1. The van der Waals surface area contributed by atoms with Crippen molar-refractivity contribution in [2.45, 2.75) is 48.0 Å². The summed E-state index contributed by atoms with van der Waals surface area (Å²) < 4.78 is 0. The molecule has 1 aromatic rings. The number of rotatable bonds is 4. The van der Waals surface area contributed by atoms with E-state index in [0.717, 1.165) is 12.0 Å². The number of amides is 1. The normalized spacial score (nSPS) is 11.5. The SMILES string of the molecule is CC(C)(C)C.CCCNC(=O)C(=NC)c1ccc(C)cc1. The third kappa shape index (κ3) is 9.83. The van der Waals surface area contributed by atoms with E-state index in [0.29, 0.717) is 17.7 Å². The molecular weight excluding hydrogens is 260 g/mol.